The third-order valence-electron chi connectivity index (χ3n) is 3.71. The highest BCUT2D eigenvalue weighted by Crippen LogP contribution is 2.28. The third kappa shape index (κ3) is 3.30. The summed E-state index contributed by atoms with van der Waals surface area (Å²) in [5, 5.41) is 0. The van der Waals surface area contributed by atoms with Crippen molar-refractivity contribution in [2.24, 2.45) is 11.1 Å². The minimum Gasteiger partial charge on any atom is -0.327 e. The third-order valence-corrected chi connectivity index (χ3v) is 4.24. The molecule has 1 atom stereocenters. The van der Waals surface area contributed by atoms with Gasteiger partial charge in [0.15, 0.2) is 0 Å². The van der Waals surface area contributed by atoms with E-state index >= 15 is 0 Å². The number of rotatable bonds is 2. The molecule has 1 saturated heterocycles. The number of hydrogen-bond donors (Lipinski definition) is 1. The lowest BCUT2D eigenvalue weighted by Crippen LogP contribution is -2.52. The zero-order valence-corrected chi connectivity index (χ0v) is 12.2. The first-order chi connectivity index (χ1) is 7.97. The van der Waals surface area contributed by atoms with Gasteiger partial charge >= 0.3 is 0 Å². The zero-order valence-electron chi connectivity index (χ0n) is 10.6. The molecule has 2 rings (SSSR count). The van der Waals surface area contributed by atoms with Gasteiger partial charge in [-0.15, -0.1) is 0 Å². The van der Waals surface area contributed by atoms with Crippen LogP contribution in [0.4, 0.5) is 0 Å². The fourth-order valence-electron chi connectivity index (χ4n) is 2.47. The second-order valence-corrected chi connectivity index (χ2v) is 6.64. The molecule has 0 radical (unpaired) electrons. The highest BCUT2D eigenvalue weighted by Gasteiger charge is 2.33. The maximum Gasteiger partial charge on any atom is 0.0234 e. The molecule has 2 nitrogen and oxygen atoms in total. The van der Waals surface area contributed by atoms with Crippen molar-refractivity contribution in [2.75, 3.05) is 13.1 Å². The molecule has 1 aromatic rings. The lowest BCUT2D eigenvalue weighted by atomic mass is 9.79. The van der Waals surface area contributed by atoms with E-state index in [2.05, 4.69) is 58.9 Å². The van der Waals surface area contributed by atoms with Crippen LogP contribution in [-0.4, -0.2) is 24.0 Å². The number of benzene rings is 1. The van der Waals surface area contributed by atoms with Crippen molar-refractivity contribution in [1.82, 2.24) is 4.90 Å². The van der Waals surface area contributed by atoms with Crippen molar-refractivity contribution in [3.8, 4) is 0 Å². The Hall–Kier alpha value is -0.380. The van der Waals surface area contributed by atoms with Crippen LogP contribution in [0, 0.1) is 5.41 Å². The Morgan fingerprint density at radius 2 is 2.00 bits per heavy atom. The molecular formula is C14H21BrN2. The molecule has 1 fully saturated rings. The van der Waals surface area contributed by atoms with Crippen LogP contribution >= 0.6 is 15.9 Å². The van der Waals surface area contributed by atoms with Crippen LogP contribution in [0.25, 0.3) is 0 Å². The van der Waals surface area contributed by atoms with E-state index in [1.165, 1.54) is 5.56 Å². The first-order valence-electron chi connectivity index (χ1n) is 6.20. The summed E-state index contributed by atoms with van der Waals surface area (Å²) in [5.41, 5.74) is 7.76. The van der Waals surface area contributed by atoms with Crippen LogP contribution in [0.2, 0.25) is 0 Å². The van der Waals surface area contributed by atoms with Crippen molar-refractivity contribution < 1.29 is 0 Å². The molecule has 0 spiro atoms. The minimum atomic E-state index is 0.230. The van der Waals surface area contributed by atoms with Crippen LogP contribution in [0.15, 0.2) is 28.7 Å². The number of nitrogens with zero attached hydrogens (tertiary/aromatic N) is 1. The Morgan fingerprint density at radius 1 is 1.35 bits per heavy atom. The molecule has 2 N–H and O–H groups in total. The number of likely N-dealkylation sites (tertiary alicyclic amines) is 1. The molecule has 0 bridgehead atoms. The summed E-state index contributed by atoms with van der Waals surface area (Å²) in [6.07, 6.45) is 1.10. The number of piperidine rings is 1. The van der Waals surface area contributed by atoms with Gasteiger partial charge in [-0.05, 0) is 29.5 Å². The maximum absolute atomic E-state index is 6.16. The predicted octanol–water partition coefficient (Wildman–Crippen LogP) is 3.01. The van der Waals surface area contributed by atoms with Crippen molar-refractivity contribution in [3.63, 3.8) is 0 Å². The SMILES string of the molecule is CC1(C)CN(Cc2ccc(Br)cc2)CCC1N. The van der Waals surface area contributed by atoms with Gasteiger partial charge in [-0.1, -0.05) is 41.9 Å². The molecular weight excluding hydrogens is 276 g/mol. The van der Waals surface area contributed by atoms with Crippen molar-refractivity contribution in [3.05, 3.63) is 34.3 Å². The van der Waals surface area contributed by atoms with Crippen LogP contribution in [0.1, 0.15) is 25.8 Å². The Balaban J connectivity index is 1.98. The summed E-state index contributed by atoms with van der Waals surface area (Å²) in [6.45, 7) is 7.77. The number of nitrogens with two attached hydrogens (primary N) is 1. The Labute approximate surface area is 112 Å². The molecule has 1 unspecified atom stereocenters. The number of hydrogen-bond acceptors (Lipinski definition) is 2. The van der Waals surface area contributed by atoms with Gasteiger partial charge in [0.1, 0.15) is 0 Å². The summed E-state index contributed by atoms with van der Waals surface area (Å²) in [7, 11) is 0. The monoisotopic (exact) mass is 296 g/mol. The molecule has 0 aromatic heterocycles. The topological polar surface area (TPSA) is 29.3 Å². The van der Waals surface area contributed by atoms with Gasteiger partial charge in [-0.25, -0.2) is 0 Å². The smallest absolute Gasteiger partial charge is 0.0234 e. The first kappa shape index (κ1) is 13.1. The average Bonchev–Trinajstić information content (AvgIpc) is 2.26. The van der Waals surface area contributed by atoms with Crippen molar-refractivity contribution in [2.45, 2.75) is 32.9 Å². The van der Waals surface area contributed by atoms with E-state index in [1.54, 1.807) is 0 Å². The molecule has 1 aromatic carbocycles. The van der Waals surface area contributed by atoms with E-state index in [0.717, 1.165) is 30.5 Å². The summed E-state index contributed by atoms with van der Waals surface area (Å²) >= 11 is 3.47. The second-order valence-electron chi connectivity index (χ2n) is 5.72. The van der Waals surface area contributed by atoms with Crippen LogP contribution in [-0.2, 0) is 6.54 Å². The van der Waals surface area contributed by atoms with Crippen LogP contribution in [0.3, 0.4) is 0 Å². The van der Waals surface area contributed by atoms with E-state index in [1.807, 2.05) is 0 Å². The van der Waals surface area contributed by atoms with E-state index < -0.39 is 0 Å². The lowest BCUT2D eigenvalue weighted by molar-refractivity contribution is 0.0899. The normalized spacial score (nSPS) is 24.8. The van der Waals surface area contributed by atoms with Gasteiger partial charge in [0.05, 0.1) is 0 Å². The van der Waals surface area contributed by atoms with Gasteiger partial charge in [-0.2, -0.15) is 0 Å². The Kier molecular flexibility index (Phi) is 3.91. The van der Waals surface area contributed by atoms with E-state index in [9.17, 15) is 0 Å². The highest BCUT2D eigenvalue weighted by atomic mass is 79.9. The second kappa shape index (κ2) is 5.09. The molecule has 1 aliphatic rings. The van der Waals surface area contributed by atoms with Crippen molar-refractivity contribution in [1.29, 1.82) is 0 Å². The summed E-state index contributed by atoms with van der Waals surface area (Å²) in [4.78, 5) is 2.51. The predicted molar refractivity (Wildman–Crippen MR) is 75.8 cm³/mol. The van der Waals surface area contributed by atoms with E-state index in [4.69, 9.17) is 5.73 Å². The summed E-state index contributed by atoms with van der Waals surface area (Å²) in [5.74, 6) is 0. The molecule has 17 heavy (non-hydrogen) atoms. The quantitative estimate of drug-likeness (QED) is 0.909. The molecule has 3 heteroatoms. The largest absolute Gasteiger partial charge is 0.327 e. The Bertz CT molecular complexity index is 372. The van der Waals surface area contributed by atoms with Gasteiger partial charge < -0.3 is 5.73 Å². The maximum atomic E-state index is 6.16. The average molecular weight is 297 g/mol. The minimum absolute atomic E-state index is 0.230. The standard InChI is InChI=1S/C14H21BrN2/c1-14(2)10-17(8-7-13(14)16)9-11-3-5-12(15)6-4-11/h3-6,13H,7-10,16H2,1-2H3. The van der Waals surface area contributed by atoms with Crippen LogP contribution in [0.5, 0.6) is 0 Å². The van der Waals surface area contributed by atoms with Gasteiger partial charge in [0, 0.05) is 30.1 Å². The molecule has 1 aliphatic heterocycles. The van der Waals surface area contributed by atoms with E-state index in [0.29, 0.717) is 6.04 Å². The number of halogens is 1. The van der Waals surface area contributed by atoms with Gasteiger partial charge in [0.2, 0.25) is 0 Å². The van der Waals surface area contributed by atoms with Gasteiger partial charge in [0.25, 0.3) is 0 Å². The van der Waals surface area contributed by atoms with E-state index in [-0.39, 0.29) is 5.41 Å². The Morgan fingerprint density at radius 3 is 2.59 bits per heavy atom. The molecule has 0 aliphatic carbocycles. The van der Waals surface area contributed by atoms with Crippen molar-refractivity contribution >= 4 is 15.9 Å². The highest BCUT2D eigenvalue weighted by molar-refractivity contribution is 9.10. The molecule has 0 saturated carbocycles. The molecule has 1 heterocycles. The van der Waals surface area contributed by atoms with Gasteiger partial charge in [-0.3, -0.25) is 4.90 Å². The fourth-order valence-corrected chi connectivity index (χ4v) is 2.73. The molecule has 0 amide bonds. The lowest BCUT2D eigenvalue weighted by Gasteiger charge is -2.42. The first-order valence-corrected chi connectivity index (χ1v) is 6.99. The van der Waals surface area contributed by atoms with Crippen LogP contribution < -0.4 is 5.73 Å². The zero-order chi connectivity index (χ0) is 12.5. The summed E-state index contributed by atoms with van der Waals surface area (Å²) in [6, 6.07) is 8.92. The fraction of sp³-hybridized carbons (Fsp3) is 0.571. The summed E-state index contributed by atoms with van der Waals surface area (Å²) < 4.78 is 1.14. The molecule has 94 valence electrons.